The van der Waals surface area contributed by atoms with Crippen LogP contribution in [0, 0.1) is 5.41 Å². The molecule has 4 aromatic carbocycles. The van der Waals surface area contributed by atoms with Gasteiger partial charge in [0.25, 0.3) is 0 Å². The summed E-state index contributed by atoms with van der Waals surface area (Å²) in [6.07, 6.45) is 6.20. The van der Waals surface area contributed by atoms with Gasteiger partial charge in [0, 0.05) is 22.2 Å². The molecule has 2 bridgehead atoms. The molecule has 1 aromatic heterocycles. The van der Waals surface area contributed by atoms with E-state index in [9.17, 15) is 19.8 Å². The van der Waals surface area contributed by atoms with Crippen LogP contribution in [0.1, 0.15) is 109 Å². The number of nitrogens with one attached hydrogen (secondary N) is 1. The number of rotatable bonds is 8. The number of amides is 2. The molecule has 3 aliphatic carbocycles. The van der Waals surface area contributed by atoms with Crippen molar-refractivity contribution in [2.24, 2.45) is 5.41 Å². The van der Waals surface area contributed by atoms with Gasteiger partial charge in [-0.3, -0.25) is 4.79 Å². The summed E-state index contributed by atoms with van der Waals surface area (Å²) in [4.78, 5) is 31.4. The summed E-state index contributed by atoms with van der Waals surface area (Å²) in [5.41, 5.74) is 3.81. The second kappa shape index (κ2) is 16.0. The zero-order chi connectivity index (χ0) is 37.9. The number of carbonyl (C=O) groups is 2. The summed E-state index contributed by atoms with van der Waals surface area (Å²) >= 11 is 1.51. The monoisotopic (exact) mass is 740 g/mol. The molecule has 3 aliphatic rings. The Morgan fingerprint density at radius 2 is 1.65 bits per heavy atom. The minimum absolute atomic E-state index is 0.0249. The van der Waals surface area contributed by atoms with Crippen LogP contribution in [0.4, 0.5) is 4.79 Å². The molecule has 54 heavy (non-hydrogen) atoms. The van der Waals surface area contributed by atoms with Crippen molar-refractivity contribution in [1.82, 2.24) is 10.2 Å². The molecule has 6 nitrogen and oxygen atoms in total. The van der Waals surface area contributed by atoms with Gasteiger partial charge in [-0.1, -0.05) is 110 Å². The average molecular weight is 741 g/mol. The predicted octanol–water partition coefficient (Wildman–Crippen LogP) is 10.1. The number of hydrogen-bond donors (Lipinski definition) is 3. The van der Waals surface area contributed by atoms with E-state index in [1.54, 1.807) is 4.90 Å². The summed E-state index contributed by atoms with van der Waals surface area (Å²) in [6.45, 7) is 6.78. The second-order valence-corrected chi connectivity index (χ2v) is 16.9. The van der Waals surface area contributed by atoms with Crippen molar-refractivity contribution < 1.29 is 19.8 Å². The largest absolute Gasteiger partial charge is 0.393 e. The van der Waals surface area contributed by atoms with E-state index in [4.69, 9.17) is 0 Å². The lowest BCUT2D eigenvalue weighted by Crippen LogP contribution is -2.55. The van der Waals surface area contributed by atoms with Gasteiger partial charge >= 0.3 is 6.03 Å². The van der Waals surface area contributed by atoms with E-state index in [2.05, 4.69) is 37.4 Å². The Hall–Kier alpha value is -4.56. The number of aliphatic hydroxyl groups excluding tert-OH is 1. The highest BCUT2D eigenvalue weighted by Crippen LogP contribution is 2.59. The molecule has 7 heteroatoms. The smallest absolute Gasteiger partial charge is 0.318 e. The minimum atomic E-state index is -1.24. The number of ketones is 1. The number of allylic oxidation sites excluding steroid dienone is 2. The van der Waals surface area contributed by atoms with Crippen molar-refractivity contribution in [1.29, 1.82) is 0 Å². The van der Waals surface area contributed by atoms with Gasteiger partial charge in [0.2, 0.25) is 5.78 Å². The molecule has 5 unspecified atom stereocenters. The normalized spacial score (nSPS) is 23.6. The molecular formula is C47H52N2O4S. The van der Waals surface area contributed by atoms with E-state index in [0.717, 1.165) is 45.2 Å². The standard InChI is InChI=1S/C47H52N2O4S/c1-32-13-12-25-46(3)41(39-23-21-35(27-38(50)22-20-32)28-40(39)44(51)43-29-37-18-10-11-19-42(37)54-43)24-26-47(46,53)31-49(30-34-14-6-4-7-15-34)45(52)48-33(2)36-16-8-5-9-17-36/h4-11,13-19,21,23,28-29,33,38,41,50,53H,12,20,22,24-27,30-31H2,1-3H3,(H,48,52). The maximum absolute atomic E-state index is 14.6. The summed E-state index contributed by atoms with van der Waals surface area (Å²) in [5.74, 6) is -0.167. The summed E-state index contributed by atoms with van der Waals surface area (Å²) < 4.78 is 1.07. The van der Waals surface area contributed by atoms with Crippen molar-refractivity contribution in [2.75, 3.05) is 6.54 Å². The van der Waals surface area contributed by atoms with Gasteiger partial charge in [0.1, 0.15) is 0 Å². The van der Waals surface area contributed by atoms with Crippen LogP contribution in [0.25, 0.3) is 10.1 Å². The lowest BCUT2D eigenvalue weighted by atomic mass is 9.64. The van der Waals surface area contributed by atoms with E-state index in [1.807, 2.05) is 104 Å². The third-order valence-corrected chi connectivity index (χ3v) is 13.3. The number of fused-ring (bicyclic) bond motifs is 9. The van der Waals surface area contributed by atoms with E-state index in [0.29, 0.717) is 49.1 Å². The maximum Gasteiger partial charge on any atom is 0.318 e. The molecule has 2 amide bonds. The second-order valence-electron chi connectivity index (χ2n) is 15.8. The van der Waals surface area contributed by atoms with Gasteiger partial charge < -0.3 is 20.4 Å². The molecular weight excluding hydrogens is 689 g/mol. The number of benzene rings is 4. The Morgan fingerprint density at radius 1 is 0.926 bits per heavy atom. The third-order valence-electron chi connectivity index (χ3n) is 12.2. The number of carbonyl (C=O) groups excluding carboxylic acids is 2. The molecule has 0 saturated heterocycles. The minimum Gasteiger partial charge on any atom is -0.393 e. The molecule has 1 heterocycles. The van der Waals surface area contributed by atoms with E-state index >= 15 is 0 Å². The Bertz CT molecular complexity index is 2090. The van der Waals surface area contributed by atoms with Crippen LogP contribution in [-0.4, -0.2) is 45.2 Å². The van der Waals surface area contributed by atoms with Gasteiger partial charge in [-0.05, 0) is 111 Å². The Balaban J connectivity index is 1.28. The molecule has 0 radical (unpaired) electrons. The Kier molecular flexibility index (Phi) is 11.2. The van der Waals surface area contributed by atoms with Gasteiger partial charge in [0.15, 0.2) is 0 Å². The first-order valence-electron chi connectivity index (χ1n) is 19.4. The molecule has 8 rings (SSSR count). The quantitative estimate of drug-likeness (QED) is 0.109. The molecule has 3 N–H and O–H groups in total. The van der Waals surface area contributed by atoms with Crippen LogP contribution in [-0.2, 0) is 13.0 Å². The number of aliphatic hydroxyl groups is 2. The Labute approximate surface area is 323 Å². The van der Waals surface area contributed by atoms with Crippen LogP contribution in [0.15, 0.2) is 121 Å². The van der Waals surface area contributed by atoms with Crippen LogP contribution < -0.4 is 5.32 Å². The Morgan fingerprint density at radius 3 is 2.41 bits per heavy atom. The first kappa shape index (κ1) is 37.7. The first-order valence-corrected chi connectivity index (χ1v) is 20.2. The number of nitrogens with zero attached hydrogens (tertiary/aromatic N) is 1. The van der Waals surface area contributed by atoms with E-state index < -0.39 is 17.1 Å². The molecule has 280 valence electrons. The summed E-state index contributed by atoms with van der Waals surface area (Å²) in [5, 5.41) is 28.4. The molecule has 5 atom stereocenters. The highest BCUT2D eigenvalue weighted by atomic mass is 32.1. The summed E-state index contributed by atoms with van der Waals surface area (Å²) in [6, 6.07) is 35.6. The van der Waals surface area contributed by atoms with E-state index in [-0.39, 0.29) is 30.3 Å². The molecule has 1 fully saturated rings. The molecule has 5 aromatic rings. The van der Waals surface area contributed by atoms with E-state index in [1.165, 1.54) is 16.9 Å². The zero-order valence-corrected chi connectivity index (χ0v) is 32.4. The van der Waals surface area contributed by atoms with Crippen molar-refractivity contribution in [3.63, 3.8) is 0 Å². The fraction of sp³-hybridized carbons (Fsp3) is 0.362. The lowest BCUT2D eigenvalue weighted by molar-refractivity contribution is -0.0781. The van der Waals surface area contributed by atoms with Crippen molar-refractivity contribution in [3.8, 4) is 0 Å². The van der Waals surface area contributed by atoms with Gasteiger partial charge in [-0.2, -0.15) is 0 Å². The average Bonchev–Trinajstić information content (AvgIpc) is 3.72. The fourth-order valence-corrected chi connectivity index (χ4v) is 9.86. The number of hydrogen-bond acceptors (Lipinski definition) is 5. The van der Waals surface area contributed by atoms with Crippen molar-refractivity contribution in [3.05, 3.63) is 154 Å². The van der Waals surface area contributed by atoms with Gasteiger partial charge in [-0.25, -0.2) is 4.79 Å². The fourth-order valence-electron chi connectivity index (χ4n) is 8.84. The molecule has 1 saturated carbocycles. The van der Waals surface area contributed by atoms with Crippen molar-refractivity contribution in [2.45, 2.75) is 95.9 Å². The highest BCUT2D eigenvalue weighted by molar-refractivity contribution is 7.21. The van der Waals surface area contributed by atoms with Crippen LogP contribution in [0.5, 0.6) is 0 Å². The number of urea groups is 1. The lowest BCUT2D eigenvalue weighted by Gasteiger charge is -2.46. The van der Waals surface area contributed by atoms with Crippen LogP contribution in [0.2, 0.25) is 0 Å². The topological polar surface area (TPSA) is 89.9 Å². The zero-order valence-electron chi connectivity index (χ0n) is 31.6. The molecule has 0 spiro atoms. The van der Waals surface area contributed by atoms with Crippen LogP contribution in [0.3, 0.4) is 0 Å². The predicted molar refractivity (Wildman–Crippen MR) is 219 cm³/mol. The third kappa shape index (κ3) is 7.95. The van der Waals surface area contributed by atoms with Crippen molar-refractivity contribution >= 4 is 33.2 Å². The SMILES string of the molecule is CC1=CCCC2(C)C(CCC2(O)CN(Cc2ccccc2)C(=O)NC(C)c2ccccc2)c2ccc(cc2C(=O)c2cc3ccccc3s2)CC(O)CC1. The van der Waals surface area contributed by atoms with Crippen LogP contribution >= 0.6 is 11.3 Å². The highest BCUT2D eigenvalue weighted by Gasteiger charge is 2.57. The first-order chi connectivity index (χ1) is 26.0. The number of thiophene rings is 1. The van der Waals surface area contributed by atoms with Gasteiger partial charge in [-0.15, -0.1) is 11.3 Å². The maximum atomic E-state index is 14.6. The molecule has 0 aliphatic heterocycles. The van der Waals surface area contributed by atoms with Gasteiger partial charge in [0.05, 0.1) is 29.2 Å². The summed E-state index contributed by atoms with van der Waals surface area (Å²) in [7, 11) is 0.